The summed E-state index contributed by atoms with van der Waals surface area (Å²) in [6, 6.07) is 22.8. The van der Waals surface area contributed by atoms with Crippen LogP contribution in [0.15, 0.2) is 89.9 Å². The van der Waals surface area contributed by atoms with Crippen molar-refractivity contribution < 1.29 is 4.79 Å². The molecule has 0 bridgehead atoms. The fraction of sp³-hybridized carbons (Fsp3) is 0.0400. The normalized spacial score (nSPS) is 11.0. The molecule has 0 fully saturated rings. The summed E-state index contributed by atoms with van der Waals surface area (Å²) in [5, 5.41) is 13.5. The Labute approximate surface area is 204 Å². The van der Waals surface area contributed by atoms with Gasteiger partial charge < -0.3 is 5.32 Å². The van der Waals surface area contributed by atoms with E-state index in [2.05, 4.69) is 15.5 Å². The number of nitrogens with zero attached hydrogens (tertiary/aromatic N) is 4. The van der Waals surface area contributed by atoms with Crippen molar-refractivity contribution >= 4 is 45.7 Å². The van der Waals surface area contributed by atoms with Crippen LogP contribution >= 0.6 is 23.2 Å². The van der Waals surface area contributed by atoms with Gasteiger partial charge in [0.05, 0.1) is 23.8 Å². The van der Waals surface area contributed by atoms with E-state index in [-0.39, 0.29) is 11.3 Å². The van der Waals surface area contributed by atoms with Gasteiger partial charge in [-0.05, 0) is 35.9 Å². The smallest absolute Gasteiger partial charge is 0.279 e. The molecule has 2 aromatic heterocycles. The average Bonchev–Trinajstić information content (AvgIpc) is 3.28. The molecule has 0 aliphatic rings. The Morgan fingerprint density at radius 1 is 0.912 bits per heavy atom. The zero-order valence-corrected chi connectivity index (χ0v) is 19.2. The highest BCUT2D eigenvalue weighted by Crippen LogP contribution is 2.23. The van der Waals surface area contributed by atoms with Crippen molar-refractivity contribution in [2.45, 2.75) is 6.54 Å². The van der Waals surface area contributed by atoms with Gasteiger partial charge in [-0.1, -0.05) is 65.7 Å². The molecule has 0 radical (unpaired) electrons. The molecule has 34 heavy (non-hydrogen) atoms. The van der Waals surface area contributed by atoms with Gasteiger partial charge in [-0.3, -0.25) is 9.59 Å². The van der Waals surface area contributed by atoms with Gasteiger partial charge in [-0.15, -0.1) is 0 Å². The number of hydrogen-bond donors (Lipinski definition) is 1. The molecule has 1 amide bonds. The van der Waals surface area contributed by atoms with Gasteiger partial charge in [0.15, 0.2) is 5.69 Å². The van der Waals surface area contributed by atoms with E-state index in [0.29, 0.717) is 38.9 Å². The summed E-state index contributed by atoms with van der Waals surface area (Å²) >= 11 is 12.3. The Morgan fingerprint density at radius 2 is 1.65 bits per heavy atom. The van der Waals surface area contributed by atoms with Gasteiger partial charge in [-0.2, -0.15) is 14.9 Å². The third-order valence-corrected chi connectivity index (χ3v) is 5.90. The minimum Gasteiger partial charge on any atom is -0.305 e. The van der Waals surface area contributed by atoms with E-state index in [9.17, 15) is 9.59 Å². The molecule has 168 valence electrons. The molecule has 0 atom stereocenters. The predicted molar refractivity (Wildman–Crippen MR) is 133 cm³/mol. The lowest BCUT2D eigenvalue weighted by Crippen LogP contribution is -2.27. The largest absolute Gasteiger partial charge is 0.305 e. The van der Waals surface area contributed by atoms with Crippen LogP contribution in [0.4, 0.5) is 5.82 Å². The molecule has 0 spiro atoms. The Kier molecular flexibility index (Phi) is 5.88. The lowest BCUT2D eigenvalue weighted by molar-refractivity contribution is 0.102. The number of amides is 1. The molecule has 0 aliphatic heterocycles. The van der Waals surface area contributed by atoms with Gasteiger partial charge in [0.25, 0.3) is 11.5 Å². The minimum atomic E-state index is -0.468. The van der Waals surface area contributed by atoms with Gasteiger partial charge in [0.1, 0.15) is 5.82 Å². The topological polar surface area (TPSA) is 81.8 Å². The zero-order chi connectivity index (χ0) is 23.7. The van der Waals surface area contributed by atoms with Crippen molar-refractivity contribution in [1.82, 2.24) is 19.6 Å². The Bertz CT molecular complexity index is 1580. The van der Waals surface area contributed by atoms with Crippen molar-refractivity contribution in [1.29, 1.82) is 0 Å². The number of benzene rings is 3. The third-order valence-electron chi connectivity index (χ3n) is 5.31. The summed E-state index contributed by atoms with van der Waals surface area (Å²) < 4.78 is 2.85. The molecule has 3 aromatic carbocycles. The molecule has 5 rings (SSSR count). The maximum atomic E-state index is 13.4. The SMILES string of the molecule is O=C(Nc1ccnn1Cc1ccc(Cl)cc1Cl)c1nn(-c2ccccc2)c(=O)c2ccccc12. The first-order valence-corrected chi connectivity index (χ1v) is 11.1. The minimum absolute atomic E-state index is 0.122. The van der Waals surface area contributed by atoms with Crippen LogP contribution in [0.3, 0.4) is 0 Å². The van der Waals surface area contributed by atoms with E-state index in [1.165, 1.54) is 4.68 Å². The first-order chi connectivity index (χ1) is 16.5. The van der Waals surface area contributed by atoms with Crippen molar-refractivity contribution in [3.63, 3.8) is 0 Å². The number of nitrogens with one attached hydrogen (secondary N) is 1. The van der Waals surface area contributed by atoms with E-state index >= 15 is 0 Å². The van der Waals surface area contributed by atoms with E-state index in [1.54, 1.807) is 77.6 Å². The summed E-state index contributed by atoms with van der Waals surface area (Å²) in [5.74, 6) is -0.0100. The summed E-state index contributed by atoms with van der Waals surface area (Å²) in [7, 11) is 0. The second-order valence-electron chi connectivity index (χ2n) is 7.51. The van der Waals surface area contributed by atoms with Crippen molar-refractivity contribution in [3.05, 3.63) is 117 Å². The lowest BCUT2D eigenvalue weighted by atomic mass is 10.1. The van der Waals surface area contributed by atoms with E-state index in [4.69, 9.17) is 23.2 Å². The Morgan fingerprint density at radius 3 is 2.41 bits per heavy atom. The van der Waals surface area contributed by atoms with Gasteiger partial charge >= 0.3 is 0 Å². The number of rotatable bonds is 5. The van der Waals surface area contributed by atoms with Crippen LogP contribution in [0.25, 0.3) is 16.5 Å². The maximum Gasteiger partial charge on any atom is 0.279 e. The van der Waals surface area contributed by atoms with Crippen LogP contribution in [-0.2, 0) is 6.54 Å². The molecular weight excluding hydrogens is 473 g/mol. The summed E-state index contributed by atoms with van der Waals surface area (Å²) in [6.07, 6.45) is 1.58. The molecule has 5 aromatic rings. The summed E-state index contributed by atoms with van der Waals surface area (Å²) in [6.45, 7) is 0.330. The highest BCUT2D eigenvalue weighted by atomic mass is 35.5. The lowest BCUT2D eigenvalue weighted by Gasteiger charge is -2.13. The van der Waals surface area contributed by atoms with Gasteiger partial charge in [-0.25, -0.2) is 4.68 Å². The molecule has 0 saturated carbocycles. The third kappa shape index (κ3) is 4.19. The number of fused-ring (bicyclic) bond motifs is 1. The van der Waals surface area contributed by atoms with Crippen LogP contribution in [-0.4, -0.2) is 25.5 Å². The summed E-state index contributed by atoms with van der Waals surface area (Å²) in [5.41, 5.74) is 1.18. The van der Waals surface area contributed by atoms with E-state index < -0.39 is 5.91 Å². The molecule has 1 N–H and O–H groups in total. The van der Waals surface area contributed by atoms with Crippen molar-refractivity contribution in [2.24, 2.45) is 0 Å². The predicted octanol–water partition coefficient (Wildman–Crippen LogP) is 5.19. The van der Waals surface area contributed by atoms with E-state index in [1.807, 2.05) is 12.1 Å². The molecule has 2 heterocycles. The first kappa shape index (κ1) is 21.9. The molecule has 7 nitrogen and oxygen atoms in total. The monoisotopic (exact) mass is 489 g/mol. The maximum absolute atomic E-state index is 13.4. The second kappa shape index (κ2) is 9.13. The van der Waals surface area contributed by atoms with Crippen LogP contribution in [0, 0.1) is 0 Å². The first-order valence-electron chi connectivity index (χ1n) is 10.4. The summed E-state index contributed by atoms with van der Waals surface area (Å²) in [4.78, 5) is 26.4. The number of aromatic nitrogens is 4. The molecule has 0 saturated heterocycles. The number of halogens is 2. The molecule has 0 aliphatic carbocycles. The van der Waals surface area contributed by atoms with Crippen molar-refractivity contribution in [2.75, 3.05) is 5.32 Å². The zero-order valence-electron chi connectivity index (χ0n) is 17.7. The fourth-order valence-electron chi connectivity index (χ4n) is 3.65. The number of carbonyl (C=O) groups is 1. The van der Waals surface area contributed by atoms with Crippen LogP contribution < -0.4 is 10.9 Å². The van der Waals surface area contributed by atoms with E-state index in [0.717, 1.165) is 5.56 Å². The quantitative estimate of drug-likeness (QED) is 0.368. The van der Waals surface area contributed by atoms with Gasteiger partial charge in [0, 0.05) is 21.5 Å². The Hall–Kier alpha value is -3.94. The molecular formula is C25H17Cl2N5O2. The van der Waals surface area contributed by atoms with Crippen LogP contribution in [0.5, 0.6) is 0 Å². The molecule has 9 heteroatoms. The number of carbonyl (C=O) groups excluding carboxylic acids is 1. The standard InChI is InChI=1S/C25H17Cl2N5O2/c26-17-11-10-16(21(27)14-17)15-31-22(12-13-28-31)29-24(33)23-19-8-4-5-9-20(19)25(34)32(30-23)18-6-2-1-3-7-18/h1-14H,15H2,(H,29,33). The highest BCUT2D eigenvalue weighted by Gasteiger charge is 2.19. The highest BCUT2D eigenvalue weighted by molar-refractivity contribution is 6.35. The van der Waals surface area contributed by atoms with Crippen LogP contribution in [0.2, 0.25) is 10.0 Å². The fourth-order valence-corrected chi connectivity index (χ4v) is 4.12. The molecule has 0 unspecified atom stereocenters. The second-order valence-corrected chi connectivity index (χ2v) is 8.35. The average molecular weight is 490 g/mol. The number of para-hydroxylation sites is 1. The van der Waals surface area contributed by atoms with Crippen LogP contribution in [0.1, 0.15) is 16.1 Å². The van der Waals surface area contributed by atoms with Crippen molar-refractivity contribution in [3.8, 4) is 5.69 Å². The Balaban J connectivity index is 1.53. The van der Waals surface area contributed by atoms with Gasteiger partial charge in [0.2, 0.25) is 0 Å². The number of anilines is 1. The number of hydrogen-bond acceptors (Lipinski definition) is 4.